The van der Waals surface area contributed by atoms with Crippen molar-refractivity contribution < 1.29 is 19.6 Å². The summed E-state index contributed by atoms with van der Waals surface area (Å²) in [4.78, 5) is 21.5. The van der Waals surface area contributed by atoms with Crippen molar-refractivity contribution in [2.24, 2.45) is 5.73 Å². The van der Waals surface area contributed by atoms with E-state index in [9.17, 15) is 20.0 Å². The van der Waals surface area contributed by atoms with Gasteiger partial charge in [0.1, 0.15) is 11.8 Å². The van der Waals surface area contributed by atoms with Gasteiger partial charge in [-0.05, 0) is 19.1 Å². The van der Waals surface area contributed by atoms with Crippen LogP contribution in [0.15, 0.2) is 18.2 Å². The number of carbonyl (C=O) groups excluding carboxylic acids is 1. The number of aromatic hydroxyl groups is 1. The number of nitro benzene ring substituents is 1. The smallest absolute Gasteiger partial charge is 0.323 e. The largest absolute Gasteiger partial charge is 0.508 e. The van der Waals surface area contributed by atoms with Gasteiger partial charge in [0.15, 0.2) is 0 Å². The summed E-state index contributed by atoms with van der Waals surface area (Å²) in [5, 5.41) is 20.0. The van der Waals surface area contributed by atoms with Crippen molar-refractivity contribution in [2.75, 3.05) is 6.61 Å². The first kappa shape index (κ1) is 13.9. The van der Waals surface area contributed by atoms with Gasteiger partial charge in [-0.15, -0.1) is 0 Å². The van der Waals surface area contributed by atoms with E-state index in [-0.39, 0.29) is 30.0 Å². The number of phenolic OH excluding ortho intramolecular Hbond substituents is 1. The van der Waals surface area contributed by atoms with Gasteiger partial charge in [-0.1, -0.05) is 0 Å². The van der Waals surface area contributed by atoms with Gasteiger partial charge in [-0.25, -0.2) is 0 Å². The highest BCUT2D eigenvalue weighted by Gasteiger charge is 2.21. The normalized spacial score (nSPS) is 11.9. The Kier molecular flexibility index (Phi) is 4.61. The van der Waals surface area contributed by atoms with Gasteiger partial charge in [0.05, 0.1) is 17.6 Å². The van der Waals surface area contributed by atoms with Crippen molar-refractivity contribution in [2.45, 2.75) is 19.4 Å². The summed E-state index contributed by atoms with van der Waals surface area (Å²) in [5.41, 5.74) is 5.59. The molecule has 7 heteroatoms. The minimum absolute atomic E-state index is 0.0184. The number of hydrogen-bond acceptors (Lipinski definition) is 6. The molecule has 0 aliphatic carbocycles. The van der Waals surface area contributed by atoms with Gasteiger partial charge in [0.25, 0.3) is 5.69 Å². The second-order valence-corrected chi connectivity index (χ2v) is 3.63. The Balaban J connectivity index is 2.90. The van der Waals surface area contributed by atoms with Crippen LogP contribution in [0, 0.1) is 10.1 Å². The molecule has 0 aliphatic heterocycles. The molecule has 3 N–H and O–H groups in total. The number of benzene rings is 1. The summed E-state index contributed by atoms with van der Waals surface area (Å²) >= 11 is 0. The lowest BCUT2D eigenvalue weighted by Crippen LogP contribution is -2.34. The molecule has 0 aliphatic rings. The Morgan fingerprint density at radius 2 is 2.28 bits per heavy atom. The summed E-state index contributed by atoms with van der Waals surface area (Å²) in [6.45, 7) is 1.85. The maximum Gasteiger partial charge on any atom is 0.323 e. The van der Waals surface area contributed by atoms with E-state index >= 15 is 0 Å². The van der Waals surface area contributed by atoms with Crippen molar-refractivity contribution in [1.29, 1.82) is 0 Å². The van der Waals surface area contributed by atoms with Gasteiger partial charge in [-0.3, -0.25) is 14.9 Å². The van der Waals surface area contributed by atoms with Crippen molar-refractivity contribution in [3.05, 3.63) is 33.9 Å². The highest BCUT2D eigenvalue weighted by Crippen LogP contribution is 2.24. The Morgan fingerprint density at radius 1 is 1.61 bits per heavy atom. The predicted octanol–water partition coefficient (Wildman–Crippen LogP) is 0.733. The molecule has 7 nitrogen and oxygen atoms in total. The van der Waals surface area contributed by atoms with E-state index in [0.717, 1.165) is 6.07 Å². The molecule has 0 radical (unpaired) electrons. The maximum atomic E-state index is 11.3. The summed E-state index contributed by atoms with van der Waals surface area (Å²) in [5.74, 6) is -0.824. The van der Waals surface area contributed by atoms with E-state index in [1.165, 1.54) is 12.1 Å². The van der Waals surface area contributed by atoms with Gasteiger partial charge in [-0.2, -0.15) is 0 Å². The van der Waals surface area contributed by atoms with E-state index in [1.54, 1.807) is 6.92 Å². The van der Waals surface area contributed by atoms with Gasteiger partial charge >= 0.3 is 5.97 Å². The standard InChI is InChI=1S/C11H14N2O5/c1-2-18-11(15)9(12)5-7-3-4-8(14)6-10(7)13(16)17/h3-4,6,9,14H,2,5,12H2,1H3/t9-/m0/s1. The van der Waals surface area contributed by atoms with Crippen LogP contribution in [0.2, 0.25) is 0 Å². The molecule has 1 aromatic rings. The average Bonchev–Trinajstić information content (AvgIpc) is 2.31. The first-order chi connectivity index (χ1) is 8.45. The van der Waals surface area contributed by atoms with Crippen molar-refractivity contribution >= 4 is 11.7 Å². The molecule has 0 aromatic heterocycles. The van der Waals surface area contributed by atoms with E-state index in [4.69, 9.17) is 10.5 Å². The monoisotopic (exact) mass is 254 g/mol. The number of ether oxygens (including phenoxy) is 1. The lowest BCUT2D eigenvalue weighted by Gasteiger charge is -2.10. The summed E-state index contributed by atoms with van der Waals surface area (Å²) in [6, 6.07) is 2.73. The molecule has 0 bridgehead atoms. The van der Waals surface area contributed by atoms with Crippen molar-refractivity contribution in [3.8, 4) is 5.75 Å². The lowest BCUT2D eigenvalue weighted by molar-refractivity contribution is -0.385. The van der Waals surface area contributed by atoms with E-state index in [2.05, 4.69) is 0 Å². The van der Waals surface area contributed by atoms with Crippen LogP contribution < -0.4 is 5.73 Å². The predicted molar refractivity (Wildman–Crippen MR) is 63.1 cm³/mol. The fraction of sp³-hybridized carbons (Fsp3) is 0.364. The summed E-state index contributed by atoms with van der Waals surface area (Å²) in [7, 11) is 0. The zero-order valence-corrected chi connectivity index (χ0v) is 9.83. The molecule has 0 fully saturated rings. The molecule has 1 aromatic carbocycles. The number of nitro groups is 1. The molecule has 1 rings (SSSR count). The quantitative estimate of drug-likeness (QED) is 0.454. The van der Waals surface area contributed by atoms with Crippen LogP contribution in [0.3, 0.4) is 0 Å². The third-order valence-electron chi connectivity index (χ3n) is 2.29. The molecule has 0 unspecified atom stereocenters. The molecule has 0 amide bonds. The SMILES string of the molecule is CCOC(=O)[C@@H](N)Cc1ccc(O)cc1[N+](=O)[O-]. The molecule has 0 spiro atoms. The number of esters is 1. The van der Waals surface area contributed by atoms with E-state index < -0.39 is 16.9 Å². The van der Waals surface area contributed by atoms with Gasteiger partial charge in [0, 0.05) is 12.0 Å². The Labute approximate surface area is 103 Å². The molecule has 0 saturated carbocycles. The van der Waals surface area contributed by atoms with E-state index in [1.807, 2.05) is 0 Å². The van der Waals surface area contributed by atoms with Crippen LogP contribution in [0.5, 0.6) is 5.75 Å². The molecule has 18 heavy (non-hydrogen) atoms. The fourth-order valence-electron chi connectivity index (χ4n) is 1.46. The number of carbonyl (C=O) groups is 1. The number of nitrogens with zero attached hydrogens (tertiary/aromatic N) is 1. The van der Waals surface area contributed by atoms with Crippen LogP contribution in [-0.4, -0.2) is 28.6 Å². The second-order valence-electron chi connectivity index (χ2n) is 3.63. The minimum Gasteiger partial charge on any atom is -0.508 e. The van der Waals surface area contributed by atoms with Gasteiger partial charge < -0.3 is 15.6 Å². The Bertz CT molecular complexity index is 461. The topological polar surface area (TPSA) is 116 Å². The minimum atomic E-state index is -0.965. The zero-order valence-electron chi connectivity index (χ0n) is 9.83. The number of nitrogens with two attached hydrogens (primary N) is 1. The van der Waals surface area contributed by atoms with Crippen LogP contribution in [-0.2, 0) is 16.0 Å². The maximum absolute atomic E-state index is 11.3. The fourth-order valence-corrected chi connectivity index (χ4v) is 1.46. The van der Waals surface area contributed by atoms with Crippen molar-refractivity contribution in [1.82, 2.24) is 0 Å². The lowest BCUT2D eigenvalue weighted by atomic mass is 10.0. The molecule has 98 valence electrons. The third kappa shape index (κ3) is 3.42. The van der Waals surface area contributed by atoms with Crippen LogP contribution in [0.1, 0.15) is 12.5 Å². The molecular weight excluding hydrogens is 240 g/mol. The first-order valence-electron chi connectivity index (χ1n) is 5.34. The van der Waals surface area contributed by atoms with Gasteiger partial charge in [0.2, 0.25) is 0 Å². The molecule has 1 atom stereocenters. The van der Waals surface area contributed by atoms with E-state index in [0.29, 0.717) is 0 Å². The first-order valence-corrected chi connectivity index (χ1v) is 5.34. The third-order valence-corrected chi connectivity index (χ3v) is 2.29. The second kappa shape index (κ2) is 5.97. The van der Waals surface area contributed by atoms with Crippen LogP contribution in [0.4, 0.5) is 5.69 Å². The number of rotatable bonds is 5. The number of hydrogen-bond donors (Lipinski definition) is 2. The summed E-state index contributed by atoms with van der Waals surface area (Å²) < 4.78 is 4.72. The van der Waals surface area contributed by atoms with Crippen LogP contribution in [0.25, 0.3) is 0 Å². The zero-order chi connectivity index (χ0) is 13.7. The Hall–Kier alpha value is -2.15. The highest BCUT2D eigenvalue weighted by atomic mass is 16.6. The van der Waals surface area contributed by atoms with Crippen molar-refractivity contribution in [3.63, 3.8) is 0 Å². The molecule has 0 heterocycles. The summed E-state index contributed by atoms with van der Waals surface area (Å²) in [6.07, 6.45) is -0.0184. The highest BCUT2D eigenvalue weighted by molar-refractivity contribution is 5.76. The Morgan fingerprint density at radius 3 is 2.83 bits per heavy atom. The molecule has 0 saturated heterocycles. The average molecular weight is 254 g/mol. The molecular formula is C11H14N2O5. The number of phenols is 1. The van der Waals surface area contributed by atoms with Crippen LogP contribution >= 0.6 is 0 Å².